The first-order chi connectivity index (χ1) is 10.5. The van der Waals surface area contributed by atoms with Crippen LogP contribution in [0.5, 0.6) is 0 Å². The summed E-state index contributed by atoms with van der Waals surface area (Å²) in [7, 11) is 2.37. The van der Waals surface area contributed by atoms with Gasteiger partial charge in [-0.05, 0) is 12.8 Å². The SMILES string of the molecule is CCCCOC(=O)CC(CC(=O)OC)(OCCC)C(=O)OC. The van der Waals surface area contributed by atoms with E-state index in [-0.39, 0.29) is 13.2 Å². The minimum atomic E-state index is -1.71. The Morgan fingerprint density at radius 1 is 0.864 bits per heavy atom. The van der Waals surface area contributed by atoms with Crippen molar-refractivity contribution in [3.8, 4) is 0 Å². The minimum Gasteiger partial charge on any atom is -0.469 e. The normalized spacial score (nSPS) is 13.1. The predicted molar refractivity (Wildman–Crippen MR) is 78.1 cm³/mol. The van der Waals surface area contributed by atoms with Crippen molar-refractivity contribution in [1.29, 1.82) is 0 Å². The molecule has 0 aromatic heterocycles. The van der Waals surface area contributed by atoms with E-state index in [0.717, 1.165) is 12.8 Å². The largest absolute Gasteiger partial charge is 0.469 e. The molecule has 0 spiro atoms. The molecule has 0 aromatic rings. The van der Waals surface area contributed by atoms with Crippen molar-refractivity contribution >= 4 is 17.9 Å². The molecular formula is C15H26O7. The van der Waals surface area contributed by atoms with Crippen molar-refractivity contribution in [1.82, 2.24) is 0 Å². The van der Waals surface area contributed by atoms with E-state index in [4.69, 9.17) is 14.2 Å². The molecule has 1 atom stereocenters. The Bertz CT molecular complexity index is 367. The molecule has 0 saturated carbocycles. The number of hydrogen-bond acceptors (Lipinski definition) is 7. The highest BCUT2D eigenvalue weighted by Crippen LogP contribution is 2.25. The highest BCUT2D eigenvalue weighted by Gasteiger charge is 2.46. The van der Waals surface area contributed by atoms with Gasteiger partial charge in [-0.2, -0.15) is 0 Å². The zero-order valence-corrected chi connectivity index (χ0v) is 13.8. The van der Waals surface area contributed by atoms with Crippen molar-refractivity contribution < 1.29 is 33.3 Å². The van der Waals surface area contributed by atoms with Crippen LogP contribution >= 0.6 is 0 Å². The second-order valence-electron chi connectivity index (χ2n) is 4.84. The maximum atomic E-state index is 12.1. The summed E-state index contributed by atoms with van der Waals surface area (Å²) >= 11 is 0. The van der Waals surface area contributed by atoms with Crippen LogP contribution in [0.4, 0.5) is 0 Å². The molecule has 0 aromatic carbocycles. The predicted octanol–water partition coefficient (Wildman–Crippen LogP) is 1.62. The van der Waals surface area contributed by atoms with Crippen LogP contribution in [0.25, 0.3) is 0 Å². The van der Waals surface area contributed by atoms with Crippen LogP contribution in [0.15, 0.2) is 0 Å². The molecule has 7 nitrogen and oxygen atoms in total. The number of unbranched alkanes of at least 4 members (excludes halogenated alkanes) is 1. The maximum Gasteiger partial charge on any atom is 0.339 e. The van der Waals surface area contributed by atoms with Crippen LogP contribution in [-0.2, 0) is 33.3 Å². The van der Waals surface area contributed by atoms with E-state index >= 15 is 0 Å². The highest BCUT2D eigenvalue weighted by atomic mass is 16.6. The Labute approximate surface area is 131 Å². The van der Waals surface area contributed by atoms with Gasteiger partial charge in [0, 0.05) is 6.61 Å². The first kappa shape index (κ1) is 20.4. The van der Waals surface area contributed by atoms with Crippen LogP contribution in [-0.4, -0.2) is 50.9 Å². The van der Waals surface area contributed by atoms with Gasteiger partial charge in [-0.1, -0.05) is 20.3 Å². The lowest BCUT2D eigenvalue weighted by Crippen LogP contribution is -2.47. The average molecular weight is 318 g/mol. The summed E-state index contributed by atoms with van der Waals surface area (Å²) in [5, 5.41) is 0. The number of methoxy groups -OCH3 is 2. The molecule has 0 saturated heterocycles. The third kappa shape index (κ3) is 6.89. The second kappa shape index (κ2) is 11.0. The van der Waals surface area contributed by atoms with E-state index in [1.54, 1.807) is 0 Å². The molecule has 0 heterocycles. The molecule has 0 aliphatic carbocycles. The fourth-order valence-electron chi connectivity index (χ4n) is 1.77. The molecule has 0 aliphatic heterocycles. The molecule has 0 N–H and O–H groups in total. The molecule has 7 heteroatoms. The van der Waals surface area contributed by atoms with E-state index in [1.165, 1.54) is 14.2 Å². The first-order valence-corrected chi connectivity index (χ1v) is 7.40. The molecule has 128 valence electrons. The van der Waals surface area contributed by atoms with Gasteiger partial charge in [-0.15, -0.1) is 0 Å². The lowest BCUT2D eigenvalue weighted by molar-refractivity contribution is -0.183. The number of carbonyl (C=O) groups is 3. The zero-order chi connectivity index (χ0) is 17.0. The standard InChI is InChI=1S/C15H26O7/c1-5-7-9-21-13(17)11-15(14(18)20-4,22-8-6-2)10-12(16)19-3/h5-11H2,1-4H3. The highest BCUT2D eigenvalue weighted by molar-refractivity contribution is 5.90. The molecule has 0 rings (SSSR count). The Kier molecular flexibility index (Phi) is 10.2. The molecular weight excluding hydrogens is 292 g/mol. The van der Waals surface area contributed by atoms with E-state index in [9.17, 15) is 14.4 Å². The molecule has 0 radical (unpaired) electrons. The maximum absolute atomic E-state index is 12.1. The molecule has 0 aliphatic rings. The number of esters is 3. The van der Waals surface area contributed by atoms with Crippen molar-refractivity contribution in [3.63, 3.8) is 0 Å². The molecule has 0 bridgehead atoms. The van der Waals surface area contributed by atoms with Gasteiger partial charge >= 0.3 is 17.9 Å². The summed E-state index contributed by atoms with van der Waals surface area (Å²) in [5.74, 6) is -2.07. The van der Waals surface area contributed by atoms with Crippen molar-refractivity contribution in [2.24, 2.45) is 0 Å². The van der Waals surface area contributed by atoms with E-state index in [1.807, 2.05) is 13.8 Å². The van der Waals surface area contributed by atoms with Crippen LogP contribution in [0, 0.1) is 0 Å². The summed E-state index contributed by atoms with van der Waals surface area (Å²) in [5.41, 5.74) is -1.71. The van der Waals surface area contributed by atoms with E-state index in [2.05, 4.69) is 4.74 Å². The topological polar surface area (TPSA) is 88.1 Å². The van der Waals surface area contributed by atoms with Gasteiger partial charge in [-0.3, -0.25) is 9.59 Å². The monoisotopic (exact) mass is 318 g/mol. The molecule has 1 unspecified atom stereocenters. The summed E-state index contributed by atoms with van der Waals surface area (Å²) in [6, 6.07) is 0. The first-order valence-electron chi connectivity index (χ1n) is 7.40. The third-order valence-electron chi connectivity index (χ3n) is 2.99. The van der Waals surface area contributed by atoms with Gasteiger partial charge in [0.1, 0.15) is 0 Å². The number of ether oxygens (including phenoxy) is 4. The molecule has 22 heavy (non-hydrogen) atoms. The van der Waals surface area contributed by atoms with Crippen LogP contribution in [0.3, 0.4) is 0 Å². The fraction of sp³-hybridized carbons (Fsp3) is 0.800. The van der Waals surface area contributed by atoms with Gasteiger partial charge in [0.05, 0.1) is 33.7 Å². The van der Waals surface area contributed by atoms with Crippen LogP contribution in [0.2, 0.25) is 0 Å². The summed E-state index contributed by atoms with van der Waals surface area (Å²) in [4.78, 5) is 35.6. The van der Waals surface area contributed by atoms with Crippen molar-refractivity contribution in [3.05, 3.63) is 0 Å². The van der Waals surface area contributed by atoms with Crippen molar-refractivity contribution in [2.75, 3.05) is 27.4 Å². The quantitative estimate of drug-likeness (QED) is 0.325. The third-order valence-corrected chi connectivity index (χ3v) is 2.99. The van der Waals surface area contributed by atoms with E-state index < -0.39 is 36.4 Å². The molecule has 0 amide bonds. The molecule has 0 fully saturated rings. The van der Waals surface area contributed by atoms with Gasteiger partial charge in [0.25, 0.3) is 0 Å². The smallest absolute Gasteiger partial charge is 0.339 e. The number of rotatable bonds is 11. The Hall–Kier alpha value is -1.63. The summed E-state index contributed by atoms with van der Waals surface area (Å²) in [6.07, 6.45) is 1.43. The van der Waals surface area contributed by atoms with Gasteiger partial charge in [0.2, 0.25) is 0 Å². The van der Waals surface area contributed by atoms with Crippen LogP contribution < -0.4 is 0 Å². The number of carbonyl (C=O) groups excluding carboxylic acids is 3. The Balaban J connectivity index is 5.10. The Morgan fingerprint density at radius 2 is 1.50 bits per heavy atom. The summed E-state index contributed by atoms with van der Waals surface area (Å²) in [6.45, 7) is 4.28. The van der Waals surface area contributed by atoms with Gasteiger partial charge in [0.15, 0.2) is 5.60 Å². The lowest BCUT2D eigenvalue weighted by Gasteiger charge is -2.29. The Morgan fingerprint density at radius 3 is 2.00 bits per heavy atom. The van der Waals surface area contributed by atoms with E-state index in [0.29, 0.717) is 6.42 Å². The summed E-state index contributed by atoms with van der Waals surface area (Å²) < 4.78 is 19.8. The zero-order valence-electron chi connectivity index (χ0n) is 13.8. The van der Waals surface area contributed by atoms with Crippen molar-refractivity contribution in [2.45, 2.75) is 51.6 Å². The average Bonchev–Trinajstić information content (AvgIpc) is 2.51. The second-order valence-corrected chi connectivity index (χ2v) is 4.84. The van der Waals surface area contributed by atoms with Gasteiger partial charge in [-0.25, -0.2) is 4.79 Å². The fourth-order valence-corrected chi connectivity index (χ4v) is 1.77. The minimum absolute atomic E-state index is 0.203. The number of hydrogen-bond donors (Lipinski definition) is 0. The van der Waals surface area contributed by atoms with Gasteiger partial charge < -0.3 is 18.9 Å². The van der Waals surface area contributed by atoms with Crippen LogP contribution in [0.1, 0.15) is 46.0 Å². The lowest BCUT2D eigenvalue weighted by atomic mass is 9.95.